The predicted octanol–water partition coefficient (Wildman–Crippen LogP) is 5.54. The van der Waals surface area contributed by atoms with Crippen LogP contribution < -0.4 is 10.1 Å². The van der Waals surface area contributed by atoms with Crippen LogP contribution in [0.5, 0.6) is 5.75 Å². The highest BCUT2D eigenvalue weighted by Gasteiger charge is 2.20. The molecule has 4 rings (SSSR count). The minimum atomic E-state index is -0.197. The molecule has 0 fully saturated rings. The van der Waals surface area contributed by atoms with Gasteiger partial charge in [-0.2, -0.15) is 0 Å². The Bertz CT molecular complexity index is 1250. The molecule has 150 valence electrons. The van der Waals surface area contributed by atoms with Gasteiger partial charge in [0.25, 0.3) is 5.91 Å². The van der Waals surface area contributed by atoms with Gasteiger partial charge >= 0.3 is 0 Å². The minimum Gasteiger partial charge on any atom is -0.497 e. The summed E-state index contributed by atoms with van der Waals surface area (Å²) in [6.45, 7) is 3.75. The second-order valence-corrected chi connectivity index (χ2v) is 7.09. The quantitative estimate of drug-likeness (QED) is 0.447. The van der Waals surface area contributed by atoms with E-state index in [-0.39, 0.29) is 17.5 Å². The van der Waals surface area contributed by atoms with Gasteiger partial charge in [-0.05, 0) is 61.9 Å². The van der Waals surface area contributed by atoms with E-state index >= 15 is 0 Å². The SMILES string of the molecule is COc1ccc(C(=O)c2oc3cc(NC(=O)c4ccccc4C)ccc3c2C)cc1. The van der Waals surface area contributed by atoms with E-state index in [1.807, 2.05) is 44.2 Å². The lowest BCUT2D eigenvalue weighted by Gasteiger charge is -2.07. The summed E-state index contributed by atoms with van der Waals surface area (Å²) in [4.78, 5) is 25.5. The van der Waals surface area contributed by atoms with Gasteiger partial charge < -0.3 is 14.5 Å². The third-order valence-electron chi connectivity index (χ3n) is 5.14. The molecule has 0 aliphatic carbocycles. The molecule has 1 heterocycles. The summed E-state index contributed by atoms with van der Waals surface area (Å²) in [5.74, 6) is 0.585. The smallest absolute Gasteiger partial charge is 0.255 e. The van der Waals surface area contributed by atoms with Crippen molar-refractivity contribution in [3.63, 3.8) is 0 Å². The number of anilines is 1. The van der Waals surface area contributed by atoms with Crippen LogP contribution in [-0.2, 0) is 0 Å². The highest BCUT2D eigenvalue weighted by molar-refractivity contribution is 6.11. The minimum absolute atomic E-state index is 0.190. The number of methoxy groups -OCH3 is 1. The standard InChI is InChI=1S/C25H21NO4/c1-15-6-4-5-7-20(15)25(28)26-18-10-13-21-16(2)24(30-22(21)14-18)23(27)17-8-11-19(29-3)12-9-17/h4-14H,1-3H3,(H,26,28). The zero-order valence-electron chi connectivity index (χ0n) is 17.0. The molecule has 0 radical (unpaired) electrons. The number of hydrogen-bond donors (Lipinski definition) is 1. The van der Waals surface area contributed by atoms with Crippen LogP contribution in [0.25, 0.3) is 11.0 Å². The lowest BCUT2D eigenvalue weighted by atomic mass is 10.0. The van der Waals surface area contributed by atoms with Crippen LogP contribution in [-0.4, -0.2) is 18.8 Å². The van der Waals surface area contributed by atoms with Crippen molar-refractivity contribution in [3.8, 4) is 5.75 Å². The molecule has 1 aromatic heterocycles. The summed E-state index contributed by atoms with van der Waals surface area (Å²) in [7, 11) is 1.58. The van der Waals surface area contributed by atoms with Gasteiger partial charge in [0.1, 0.15) is 11.3 Å². The van der Waals surface area contributed by atoms with Crippen molar-refractivity contribution >= 4 is 28.3 Å². The number of carbonyl (C=O) groups excluding carboxylic acids is 2. The predicted molar refractivity (Wildman–Crippen MR) is 117 cm³/mol. The molecule has 30 heavy (non-hydrogen) atoms. The number of nitrogens with one attached hydrogen (secondary N) is 1. The van der Waals surface area contributed by atoms with Gasteiger partial charge in [-0.1, -0.05) is 18.2 Å². The summed E-state index contributed by atoms with van der Waals surface area (Å²) in [5, 5.41) is 3.73. The van der Waals surface area contributed by atoms with E-state index in [1.165, 1.54) is 0 Å². The van der Waals surface area contributed by atoms with Gasteiger partial charge in [-0.15, -0.1) is 0 Å². The topological polar surface area (TPSA) is 68.5 Å². The number of furan rings is 1. The number of ketones is 1. The highest BCUT2D eigenvalue weighted by atomic mass is 16.5. The zero-order valence-corrected chi connectivity index (χ0v) is 17.0. The molecule has 0 saturated carbocycles. The first-order valence-corrected chi connectivity index (χ1v) is 9.57. The second-order valence-electron chi connectivity index (χ2n) is 7.09. The molecule has 0 aliphatic heterocycles. The molecule has 0 aliphatic rings. The normalized spacial score (nSPS) is 10.8. The third-order valence-corrected chi connectivity index (χ3v) is 5.14. The number of fused-ring (bicyclic) bond motifs is 1. The number of rotatable bonds is 5. The summed E-state index contributed by atoms with van der Waals surface area (Å²) in [6, 6.07) is 19.7. The first-order chi connectivity index (χ1) is 14.5. The highest BCUT2D eigenvalue weighted by Crippen LogP contribution is 2.30. The number of benzene rings is 3. The van der Waals surface area contributed by atoms with E-state index in [0.717, 1.165) is 16.5 Å². The third kappa shape index (κ3) is 3.57. The lowest BCUT2D eigenvalue weighted by Crippen LogP contribution is -2.13. The number of amides is 1. The van der Waals surface area contributed by atoms with Crippen LogP contribution in [0.15, 0.2) is 71.1 Å². The van der Waals surface area contributed by atoms with E-state index in [4.69, 9.17) is 9.15 Å². The molecule has 5 nitrogen and oxygen atoms in total. The van der Waals surface area contributed by atoms with Crippen LogP contribution in [0.3, 0.4) is 0 Å². The molecule has 4 aromatic rings. The lowest BCUT2D eigenvalue weighted by molar-refractivity contribution is 0.101. The molecule has 0 bridgehead atoms. The monoisotopic (exact) mass is 399 g/mol. The Kier molecular flexibility index (Phi) is 5.11. The van der Waals surface area contributed by atoms with Gasteiger partial charge in [-0.25, -0.2) is 0 Å². The Hall–Kier alpha value is -3.86. The maximum absolute atomic E-state index is 12.9. The molecule has 0 saturated heterocycles. The molecular weight excluding hydrogens is 378 g/mol. The summed E-state index contributed by atoms with van der Waals surface area (Å²) in [6.07, 6.45) is 0. The van der Waals surface area contributed by atoms with Crippen molar-refractivity contribution in [2.75, 3.05) is 12.4 Å². The average molecular weight is 399 g/mol. The second kappa shape index (κ2) is 7.87. The van der Waals surface area contributed by atoms with E-state index in [1.54, 1.807) is 43.5 Å². The number of ether oxygens (including phenoxy) is 1. The Morgan fingerprint density at radius 1 is 0.933 bits per heavy atom. The van der Waals surface area contributed by atoms with Gasteiger partial charge in [0.2, 0.25) is 5.78 Å². The van der Waals surface area contributed by atoms with E-state index < -0.39 is 0 Å². The molecule has 5 heteroatoms. The van der Waals surface area contributed by atoms with Crippen molar-refractivity contribution in [2.24, 2.45) is 0 Å². The van der Waals surface area contributed by atoms with Crippen LogP contribution in [0.1, 0.15) is 37.6 Å². The molecule has 1 amide bonds. The summed E-state index contributed by atoms with van der Waals surface area (Å²) < 4.78 is 11.0. The Labute approximate surface area is 174 Å². The van der Waals surface area contributed by atoms with Crippen LogP contribution in [0, 0.1) is 13.8 Å². The van der Waals surface area contributed by atoms with Crippen LogP contribution in [0.2, 0.25) is 0 Å². The fourth-order valence-electron chi connectivity index (χ4n) is 3.42. The van der Waals surface area contributed by atoms with E-state index in [2.05, 4.69) is 5.32 Å². The van der Waals surface area contributed by atoms with Crippen molar-refractivity contribution < 1.29 is 18.7 Å². The molecule has 0 spiro atoms. The van der Waals surface area contributed by atoms with Gasteiger partial charge in [-0.3, -0.25) is 9.59 Å². The number of hydrogen-bond acceptors (Lipinski definition) is 4. The maximum Gasteiger partial charge on any atom is 0.255 e. The molecule has 0 atom stereocenters. The molecule has 0 unspecified atom stereocenters. The van der Waals surface area contributed by atoms with Crippen molar-refractivity contribution in [1.82, 2.24) is 0 Å². The zero-order chi connectivity index (χ0) is 21.3. The summed E-state index contributed by atoms with van der Waals surface area (Å²) in [5.41, 5.74) is 3.95. The van der Waals surface area contributed by atoms with Gasteiger partial charge in [0.05, 0.1) is 7.11 Å². The first kappa shape index (κ1) is 19.5. The van der Waals surface area contributed by atoms with E-state index in [9.17, 15) is 9.59 Å². The van der Waals surface area contributed by atoms with Crippen molar-refractivity contribution in [2.45, 2.75) is 13.8 Å². The Morgan fingerprint density at radius 2 is 1.67 bits per heavy atom. The van der Waals surface area contributed by atoms with Gasteiger partial charge in [0.15, 0.2) is 5.76 Å². The number of aryl methyl sites for hydroxylation is 2. The van der Waals surface area contributed by atoms with Crippen molar-refractivity contribution in [1.29, 1.82) is 0 Å². The fraction of sp³-hybridized carbons (Fsp3) is 0.120. The molecule has 3 aromatic carbocycles. The van der Waals surface area contributed by atoms with Crippen LogP contribution >= 0.6 is 0 Å². The summed E-state index contributed by atoms with van der Waals surface area (Å²) >= 11 is 0. The fourth-order valence-corrected chi connectivity index (χ4v) is 3.42. The average Bonchev–Trinajstić information content (AvgIpc) is 3.09. The van der Waals surface area contributed by atoms with Gasteiger partial charge in [0, 0.05) is 33.8 Å². The van der Waals surface area contributed by atoms with E-state index in [0.29, 0.717) is 28.1 Å². The van der Waals surface area contributed by atoms with Crippen LogP contribution in [0.4, 0.5) is 5.69 Å². The first-order valence-electron chi connectivity index (χ1n) is 9.57. The number of carbonyl (C=O) groups is 2. The Balaban J connectivity index is 1.63. The maximum atomic E-state index is 12.9. The molecular formula is C25H21NO4. The largest absolute Gasteiger partial charge is 0.497 e. The Morgan fingerprint density at radius 3 is 2.37 bits per heavy atom. The van der Waals surface area contributed by atoms with Crippen molar-refractivity contribution in [3.05, 3.63) is 94.7 Å². The molecule has 1 N–H and O–H groups in total.